The molecule has 1 aliphatic carbocycles. The van der Waals surface area contributed by atoms with Gasteiger partial charge in [0.15, 0.2) is 0 Å². The van der Waals surface area contributed by atoms with E-state index in [4.69, 9.17) is 0 Å². The van der Waals surface area contributed by atoms with Crippen molar-refractivity contribution in [2.45, 2.75) is 24.5 Å². The van der Waals surface area contributed by atoms with Crippen LogP contribution in [0.5, 0.6) is 0 Å². The third kappa shape index (κ3) is 3.16. The zero-order chi connectivity index (χ0) is 13.0. The van der Waals surface area contributed by atoms with Gasteiger partial charge in [-0.2, -0.15) is 11.8 Å². The van der Waals surface area contributed by atoms with E-state index in [1.807, 2.05) is 24.8 Å². The summed E-state index contributed by atoms with van der Waals surface area (Å²) in [6.07, 6.45) is 6.19. The molecular formula is C13H19N3OS. The Morgan fingerprint density at radius 1 is 1.50 bits per heavy atom. The fourth-order valence-corrected chi connectivity index (χ4v) is 2.49. The molecule has 98 valence electrons. The number of nitrogens with one attached hydrogen (secondary N) is 2. The lowest BCUT2D eigenvalue weighted by Crippen LogP contribution is -2.32. The Balaban J connectivity index is 1.88. The molecule has 1 fully saturated rings. The predicted octanol–water partition coefficient (Wildman–Crippen LogP) is 2.14. The number of amides is 1. The maximum absolute atomic E-state index is 11.9. The number of anilines is 1. The van der Waals surface area contributed by atoms with E-state index in [0.29, 0.717) is 10.4 Å². The summed E-state index contributed by atoms with van der Waals surface area (Å²) in [5, 5.41) is 6.11. The minimum Gasteiger partial charge on any atom is -0.384 e. The quantitative estimate of drug-likeness (QED) is 0.827. The van der Waals surface area contributed by atoms with Gasteiger partial charge in [-0.05, 0) is 38.2 Å². The molecule has 2 rings (SSSR count). The third-order valence-electron chi connectivity index (χ3n) is 3.19. The number of rotatable bonds is 6. The molecule has 0 spiro atoms. The second kappa shape index (κ2) is 5.61. The zero-order valence-corrected chi connectivity index (χ0v) is 11.6. The van der Waals surface area contributed by atoms with Crippen molar-refractivity contribution in [1.29, 1.82) is 0 Å². The highest BCUT2D eigenvalue weighted by atomic mass is 32.2. The van der Waals surface area contributed by atoms with Crippen molar-refractivity contribution < 1.29 is 4.79 Å². The van der Waals surface area contributed by atoms with Gasteiger partial charge >= 0.3 is 0 Å². The fourth-order valence-electron chi connectivity index (χ4n) is 1.76. The van der Waals surface area contributed by atoms with Crippen LogP contribution in [0.3, 0.4) is 0 Å². The lowest BCUT2D eigenvalue weighted by molar-refractivity contribution is 0.0948. The van der Waals surface area contributed by atoms with E-state index in [2.05, 4.69) is 21.9 Å². The van der Waals surface area contributed by atoms with E-state index >= 15 is 0 Å². The second-order valence-corrected chi connectivity index (χ2v) is 5.81. The summed E-state index contributed by atoms with van der Waals surface area (Å²) in [6, 6.07) is 3.64. The maximum Gasteiger partial charge on any atom is 0.269 e. The van der Waals surface area contributed by atoms with Gasteiger partial charge < -0.3 is 10.6 Å². The lowest BCUT2D eigenvalue weighted by atomic mass is 10.3. The number of nitrogens with zero attached hydrogens (tertiary/aromatic N) is 1. The average Bonchev–Trinajstić information content (AvgIpc) is 3.18. The monoisotopic (exact) mass is 265 g/mol. The molecule has 1 amide bonds. The Bertz CT molecular complexity index is 415. The molecule has 0 unspecified atom stereocenters. The molecule has 0 atom stereocenters. The summed E-state index contributed by atoms with van der Waals surface area (Å²) in [4.78, 5) is 16.1. The van der Waals surface area contributed by atoms with Crippen LogP contribution in [-0.4, -0.2) is 35.0 Å². The summed E-state index contributed by atoms with van der Waals surface area (Å²) >= 11 is 1.84. The molecule has 0 aromatic carbocycles. The van der Waals surface area contributed by atoms with E-state index in [1.54, 1.807) is 12.3 Å². The summed E-state index contributed by atoms with van der Waals surface area (Å²) < 4.78 is 0.291. The molecular weight excluding hydrogens is 246 g/mol. The predicted molar refractivity (Wildman–Crippen MR) is 76.2 cm³/mol. The Labute approximate surface area is 112 Å². The topological polar surface area (TPSA) is 54.0 Å². The van der Waals surface area contributed by atoms with E-state index < -0.39 is 0 Å². The Hall–Kier alpha value is -1.23. The van der Waals surface area contributed by atoms with Gasteiger partial charge in [-0.25, -0.2) is 4.98 Å². The van der Waals surface area contributed by atoms with E-state index in [1.165, 1.54) is 12.8 Å². The molecule has 4 nitrogen and oxygen atoms in total. The van der Waals surface area contributed by atoms with Crippen molar-refractivity contribution in [3.63, 3.8) is 0 Å². The highest BCUT2D eigenvalue weighted by Crippen LogP contribution is 2.46. The molecule has 1 aliphatic rings. The molecule has 0 radical (unpaired) electrons. The van der Waals surface area contributed by atoms with E-state index in [0.717, 1.165) is 18.8 Å². The average molecular weight is 265 g/mol. The van der Waals surface area contributed by atoms with E-state index in [-0.39, 0.29) is 5.91 Å². The minimum atomic E-state index is -0.0848. The summed E-state index contributed by atoms with van der Waals surface area (Å²) in [5.74, 6) is -0.0848. The van der Waals surface area contributed by atoms with Gasteiger partial charge in [-0.3, -0.25) is 4.79 Å². The first-order valence-corrected chi connectivity index (χ1v) is 7.45. The van der Waals surface area contributed by atoms with Crippen LogP contribution >= 0.6 is 11.8 Å². The first-order valence-electron chi connectivity index (χ1n) is 6.22. The Morgan fingerprint density at radius 2 is 2.28 bits per heavy atom. The molecule has 0 bridgehead atoms. The van der Waals surface area contributed by atoms with Crippen LogP contribution in [-0.2, 0) is 0 Å². The van der Waals surface area contributed by atoms with Crippen LogP contribution < -0.4 is 10.6 Å². The molecule has 0 saturated heterocycles. The van der Waals surface area contributed by atoms with Gasteiger partial charge in [-0.1, -0.05) is 0 Å². The number of thioether (sulfide) groups is 1. The molecule has 1 saturated carbocycles. The minimum absolute atomic E-state index is 0.0848. The molecule has 1 aromatic rings. The second-order valence-electron chi connectivity index (χ2n) is 4.53. The van der Waals surface area contributed by atoms with Crippen LogP contribution in [0.15, 0.2) is 18.3 Å². The molecule has 0 aliphatic heterocycles. The van der Waals surface area contributed by atoms with Crippen LogP contribution in [0.1, 0.15) is 30.3 Å². The van der Waals surface area contributed by atoms with Gasteiger partial charge in [0.25, 0.3) is 5.91 Å². The molecule has 1 heterocycles. The number of carbonyl (C=O) groups excluding carboxylic acids is 1. The van der Waals surface area contributed by atoms with Gasteiger partial charge in [0.2, 0.25) is 0 Å². The van der Waals surface area contributed by atoms with Gasteiger partial charge in [0, 0.05) is 17.8 Å². The number of hydrogen-bond acceptors (Lipinski definition) is 4. The van der Waals surface area contributed by atoms with Crippen molar-refractivity contribution in [3.05, 3.63) is 24.0 Å². The molecule has 1 aromatic heterocycles. The van der Waals surface area contributed by atoms with Gasteiger partial charge in [-0.15, -0.1) is 0 Å². The number of aromatic nitrogens is 1. The Morgan fingerprint density at radius 3 is 2.78 bits per heavy atom. The molecule has 5 heteroatoms. The van der Waals surface area contributed by atoms with Gasteiger partial charge in [0.05, 0.1) is 11.9 Å². The van der Waals surface area contributed by atoms with Crippen LogP contribution in [0.4, 0.5) is 5.69 Å². The normalized spacial score (nSPS) is 16.1. The Kier molecular flexibility index (Phi) is 4.11. The van der Waals surface area contributed by atoms with Crippen LogP contribution in [0.2, 0.25) is 0 Å². The van der Waals surface area contributed by atoms with Crippen molar-refractivity contribution in [3.8, 4) is 0 Å². The number of carbonyl (C=O) groups is 1. The molecule has 18 heavy (non-hydrogen) atoms. The van der Waals surface area contributed by atoms with Crippen molar-refractivity contribution >= 4 is 23.4 Å². The summed E-state index contributed by atoms with van der Waals surface area (Å²) in [7, 11) is 0. The lowest BCUT2D eigenvalue weighted by Gasteiger charge is -2.12. The van der Waals surface area contributed by atoms with Crippen LogP contribution in [0.25, 0.3) is 0 Å². The van der Waals surface area contributed by atoms with Gasteiger partial charge in [0.1, 0.15) is 5.69 Å². The highest BCUT2D eigenvalue weighted by molar-refractivity contribution is 8.00. The SMILES string of the molecule is CCNc1ccc(C(=O)NCC2(SC)CC2)nc1. The van der Waals surface area contributed by atoms with Crippen molar-refractivity contribution in [2.24, 2.45) is 0 Å². The summed E-state index contributed by atoms with van der Waals surface area (Å²) in [5.41, 5.74) is 1.42. The van der Waals surface area contributed by atoms with E-state index in [9.17, 15) is 4.79 Å². The van der Waals surface area contributed by atoms with Crippen molar-refractivity contribution in [2.75, 3.05) is 24.7 Å². The molecule has 2 N–H and O–H groups in total. The first-order chi connectivity index (χ1) is 8.69. The number of hydrogen-bond donors (Lipinski definition) is 2. The highest BCUT2D eigenvalue weighted by Gasteiger charge is 2.41. The fraction of sp³-hybridized carbons (Fsp3) is 0.538. The standard InChI is InChI=1S/C13H19N3OS/c1-3-14-10-4-5-11(15-8-10)12(17)16-9-13(18-2)6-7-13/h4-5,8,14H,3,6-7,9H2,1-2H3,(H,16,17). The van der Waals surface area contributed by atoms with Crippen molar-refractivity contribution in [1.82, 2.24) is 10.3 Å². The number of pyridine rings is 1. The third-order valence-corrected chi connectivity index (χ3v) is 4.61. The largest absolute Gasteiger partial charge is 0.384 e. The smallest absolute Gasteiger partial charge is 0.269 e. The zero-order valence-electron chi connectivity index (χ0n) is 10.8. The first kappa shape index (κ1) is 13.2. The summed E-state index contributed by atoms with van der Waals surface area (Å²) in [6.45, 7) is 3.62. The van der Waals surface area contributed by atoms with Crippen LogP contribution in [0, 0.1) is 0 Å². The maximum atomic E-state index is 11.9.